The van der Waals surface area contributed by atoms with Gasteiger partial charge in [-0.2, -0.15) is 0 Å². The lowest BCUT2D eigenvalue weighted by atomic mass is 10.1. The second kappa shape index (κ2) is 6.91. The molecule has 1 amide bonds. The highest BCUT2D eigenvalue weighted by molar-refractivity contribution is 5.99. The Balaban J connectivity index is 1.58. The van der Waals surface area contributed by atoms with Crippen LogP contribution in [-0.4, -0.2) is 29.2 Å². The topological polar surface area (TPSA) is 97.6 Å². The van der Waals surface area contributed by atoms with Crippen LogP contribution in [0.4, 0.5) is 21.9 Å². The van der Waals surface area contributed by atoms with Gasteiger partial charge in [-0.05, 0) is 29.8 Å². The van der Waals surface area contributed by atoms with Gasteiger partial charge in [0.2, 0.25) is 0 Å². The van der Waals surface area contributed by atoms with Crippen molar-refractivity contribution >= 4 is 33.9 Å². The highest BCUT2D eigenvalue weighted by atomic mass is 16.6. The molecule has 4 rings (SSSR count). The zero-order chi connectivity index (χ0) is 18.8. The van der Waals surface area contributed by atoms with E-state index in [9.17, 15) is 14.9 Å². The summed E-state index contributed by atoms with van der Waals surface area (Å²) in [6.07, 6.45) is 2.77. The Kier molecular flexibility index (Phi) is 4.29. The van der Waals surface area contributed by atoms with Crippen LogP contribution < -0.4 is 10.2 Å². The molecular weight excluding hydrogens is 348 g/mol. The fourth-order valence-electron chi connectivity index (χ4n) is 3.15. The second-order valence-electron chi connectivity index (χ2n) is 6.10. The fraction of sp³-hybridized carbons (Fsp3) is 0.158. The maximum absolute atomic E-state index is 11.7. The summed E-state index contributed by atoms with van der Waals surface area (Å²) in [6, 6.07) is 12.5. The minimum absolute atomic E-state index is 0.0261. The van der Waals surface area contributed by atoms with Crippen molar-refractivity contribution in [2.75, 3.05) is 23.4 Å². The average molecular weight is 364 g/mol. The number of pyridine rings is 1. The minimum atomic E-state index is -0.410. The number of non-ortho nitro benzene ring substituents is 1. The number of aromatic nitrogens is 1. The van der Waals surface area contributed by atoms with E-state index in [1.807, 2.05) is 24.3 Å². The Labute approximate surface area is 154 Å². The van der Waals surface area contributed by atoms with Crippen molar-refractivity contribution in [2.45, 2.75) is 6.54 Å². The van der Waals surface area contributed by atoms with E-state index in [1.165, 1.54) is 12.3 Å². The number of benzene rings is 2. The van der Waals surface area contributed by atoms with Crippen molar-refractivity contribution in [2.24, 2.45) is 0 Å². The van der Waals surface area contributed by atoms with E-state index >= 15 is 0 Å². The van der Waals surface area contributed by atoms with Crippen LogP contribution in [0.3, 0.4) is 0 Å². The first-order valence-corrected chi connectivity index (χ1v) is 8.42. The van der Waals surface area contributed by atoms with E-state index in [0.717, 1.165) is 22.3 Å². The van der Waals surface area contributed by atoms with Crippen LogP contribution in [0, 0.1) is 10.1 Å². The Morgan fingerprint density at radius 2 is 2.11 bits per heavy atom. The van der Waals surface area contributed by atoms with E-state index in [2.05, 4.69) is 10.3 Å². The normalized spacial score (nSPS) is 13.6. The molecule has 8 heteroatoms. The van der Waals surface area contributed by atoms with Crippen molar-refractivity contribution in [3.8, 4) is 0 Å². The molecule has 0 radical (unpaired) electrons. The van der Waals surface area contributed by atoms with E-state index in [0.29, 0.717) is 25.1 Å². The third kappa shape index (κ3) is 3.24. The molecule has 0 unspecified atom stereocenters. The van der Waals surface area contributed by atoms with Crippen molar-refractivity contribution in [3.05, 3.63) is 70.5 Å². The van der Waals surface area contributed by atoms with Gasteiger partial charge < -0.3 is 10.1 Å². The van der Waals surface area contributed by atoms with Gasteiger partial charge in [0.25, 0.3) is 5.69 Å². The van der Waals surface area contributed by atoms with Crippen LogP contribution >= 0.6 is 0 Å². The van der Waals surface area contributed by atoms with Gasteiger partial charge in [-0.15, -0.1) is 0 Å². The van der Waals surface area contributed by atoms with Gasteiger partial charge in [0.15, 0.2) is 0 Å². The number of hydrogen-bond donors (Lipinski definition) is 1. The lowest BCUT2D eigenvalue weighted by Crippen LogP contribution is -2.23. The van der Waals surface area contributed by atoms with Gasteiger partial charge in [0.1, 0.15) is 6.61 Å². The largest absolute Gasteiger partial charge is 0.447 e. The van der Waals surface area contributed by atoms with Gasteiger partial charge >= 0.3 is 6.09 Å². The number of anilines is 2. The third-order valence-corrected chi connectivity index (χ3v) is 4.46. The lowest BCUT2D eigenvalue weighted by molar-refractivity contribution is -0.383. The number of cyclic esters (lactones) is 1. The van der Waals surface area contributed by atoms with Gasteiger partial charge in [0.05, 0.1) is 16.9 Å². The molecule has 0 bridgehead atoms. The monoisotopic (exact) mass is 364 g/mol. The summed E-state index contributed by atoms with van der Waals surface area (Å²) in [6.45, 7) is 1.44. The van der Waals surface area contributed by atoms with Crippen LogP contribution in [0.25, 0.3) is 10.8 Å². The first kappa shape index (κ1) is 16.8. The van der Waals surface area contributed by atoms with Gasteiger partial charge in [0, 0.05) is 41.8 Å². The molecular formula is C19H16N4O4. The number of nitrogens with zero attached hydrogens (tertiary/aromatic N) is 3. The maximum atomic E-state index is 11.7. The Morgan fingerprint density at radius 3 is 2.89 bits per heavy atom. The van der Waals surface area contributed by atoms with E-state index in [1.54, 1.807) is 23.2 Å². The highest BCUT2D eigenvalue weighted by Crippen LogP contribution is 2.31. The van der Waals surface area contributed by atoms with Gasteiger partial charge in [-0.1, -0.05) is 12.1 Å². The molecule has 3 aromatic rings. The molecule has 2 heterocycles. The number of nitrogens with one attached hydrogen (secondary N) is 1. The summed E-state index contributed by atoms with van der Waals surface area (Å²) in [5.74, 6) is 0. The van der Waals surface area contributed by atoms with Crippen LogP contribution in [0.2, 0.25) is 0 Å². The standard InChI is InChI=1S/C19H16N4O4/c24-19-22(8-9-27-19)14-3-1-2-13(10-14)11-21-17-4-5-18(23(25)26)16-12-20-7-6-15(16)17/h1-7,10,12,21H,8-9,11H2. The van der Waals surface area contributed by atoms with Crippen LogP contribution in [-0.2, 0) is 11.3 Å². The van der Waals surface area contributed by atoms with E-state index in [-0.39, 0.29) is 11.8 Å². The highest BCUT2D eigenvalue weighted by Gasteiger charge is 2.23. The van der Waals surface area contributed by atoms with Gasteiger partial charge in [-0.3, -0.25) is 20.0 Å². The summed E-state index contributed by atoms with van der Waals surface area (Å²) < 4.78 is 4.98. The van der Waals surface area contributed by atoms with Crippen molar-refractivity contribution in [1.82, 2.24) is 4.98 Å². The van der Waals surface area contributed by atoms with E-state index < -0.39 is 4.92 Å². The molecule has 1 N–H and O–H groups in total. The first-order chi connectivity index (χ1) is 13.1. The number of rotatable bonds is 5. The summed E-state index contributed by atoms with van der Waals surface area (Å²) in [5.41, 5.74) is 2.57. The summed E-state index contributed by atoms with van der Waals surface area (Å²) in [4.78, 5) is 28.1. The molecule has 0 atom stereocenters. The van der Waals surface area contributed by atoms with Crippen molar-refractivity contribution in [1.29, 1.82) is 0 Å². The number of carbonyl (C=O) groups is 1. The first-order valence-electron chi connectivity index (χ1n) is 8.42. The van der Waals surface area contributed by atoms with E-state index in [4.69, 9.17) is 4.74 Å². The average Bonchev–Trinajstić information content (AvgIpc) is 3.12. The van der Waals surface area contributed by atoms with Crippen LogP contribution in [0.15, 0.2) is 54.9 Å². The number of carbonyl (C=O) groups excluding carboxylic acids is 1. The van der Waals surface area contributed by atoms with Crippen molar-refractivity contribution < 1.29 is 14.5 Å². The predicted molar refractivity (Wildman–Crippen MR) is 101 cm³/mol. The zero-order valence-corrected chi connectivity index (χ0v) is 14.3. The fourth-order valence-corrected chi connectivity index (χ4v) is 3.15. The molecule has 0 spiro atoms. The number of nitro benzene ring substituents is 1. The smallest absolute Gasteiger partial charge is 0.414 e. The molecule has 8 nitrogen and oxygen atoms in total. The number of ether oxygens (including phenoxy) is 1. The Hall–Kier alpha value is -3.68. The molecule has 27 heavy (non-hydrogen) atoms. The maximum Gasteiger partial charge on any atom is 0.414 e. The molecule has 2 aromatic carbocycles. The quantitative estimate of drug-likeness (QED) is 0.547. The number of fused-ring (bicyclic) bond motifs is 1. The number of nitro groups is 1. The minimum Gasteiger partial charge on any atom is -0.447 e. The Morgan fingerprint density at radius 1 is 1.22 bits per heavy atom. The summed E-state index contributed by atoms with van der Waals surface area (Å²) in [7, 11) is 0. The van der Waals surface area contributed by atoms with Crippen LogP contribution in [0.1, 0.15) is 5.56 Å². The van der Waals surface area contributed by atoms with Crippen LogP contribution in [0.5, 0.6) is 0 Å². The number of amides is 1. The second-order valence-corrected chi connectivity index (χ2v) is 6.10. The molecule has 0 saturated carbocycles. The zero-order valence-electron chi connectivity index (χ0n) is 14.3. The molecule has 1 saturated heterocycles. The lowest BCUT2D eigenvalue weighted by Gasteiger charge is -2.15. The summed E-state index contributed by atoms with van der Waals surface area (Å²) in [5, 5.41) is 15.7. The molecule has 1 aliphatic heterocycles. The molecule has 1 aliphatic rings. The Bertz CT molecular complexity index is 1040. The summed E-state index contributed by atoms with van der Waals surface area (Å²) >= 11 is 0. The van der Waals surface area contributed by atoms with Crippen molar-refractivity contribution in [3.63, 3.8) is 0 Å². The molecule has 1 fully saturated rings. The molecule has 0 aliphatic carbocycles. The number of hydrogen-bond acceptors (Lipinski definition) is 6. The van der Waals surface area contributed by atoms with Gasteiger partial charge in [-0.25, -0.2) is 4.79 Å². The molecule has 1 aromatic heterocycles. The molecule has 136 valence electrons. The SMILES string of the molecule is O=C1OCCN1c1cccc(CNc2ccc([N+](=O)[O-])c3cnccc23)c1. The third-order valence-electron chi connectivity index (χ3n) is 4.46. The predicted octanol–water partition coefficient (Wildman–Crippen LogP) is 3.71.